The van der Waals surface area contributed by atoms with Crippen molar-refractivity contribution in [1.29, 1.82) is 0 Å². The number of halogens is 6. The summed E-state index contributed by atoms with van der Waals surface area (Å²) in [5.41, 5.74) is -3.87. The molecule has 5 aromatic rings. The first-order valence-electron chi connectivity index (χ1n) is 11.3. The van der Waals surface area contributed by atoms with Crippen LogP contribution >= 0.6 is 0 Å². The molecule has 1 aliphatic heterocycles. The third kappa shape index (κ3) is 3.33. The highest BCUT2D eigenvalue weighted by Gasteiger charge is 2.42. The van der Waals surface area contributed by atoms with Crippen molar-refractivity contribution in [3.05, 3.63) is 107 Å². The predicted octanol–water partition coefficient (Wildman–Crippen LogP) is 7.62. The number of aromatic nitrogens is 1. The molecule has 0 fully saturated rings. The predicted molar refractivity (Wildman–Crippen MR) is 128 cm³/mol. The van der Waals surface area contributed by atoms with Crippen molar-refractivity contribution in [2.24, 2.45) is 0 Å². The van der Waals surface area contributed by atoms with Crippen molar-refractivity contribution in [3.63, 3.8) is 0 Å². The lowest BCUT2D eigenvalue weighted by molar-refractivity contribution is -0.136. The lowest BCUT2D eigenvalue weighted by Crippen LogP contribution is -2.29. The summed E-state index contributed by atoms with van der Waals surface area (Å²) < 4.78 is 86.1. The van der Waals surface area contributed by atoms with Gasteiger partial charge in [-0.1, -0.05) is 48.5 Å². The van der Waals surface area contributed by atoms with Gasteiger partial charge in [-0.25, -0.2) is 4.90 Å². The second-order valence-corrected chi connectivity index (χ2v) is 8.72. The van der Waals surface area contributed by atoms with E-state index >= 15 is 0 Å². The lowest BCUT2D eigenvalue weighted by Gasteiger charge is -2.17. The van der Waals surface area contributed by atoms with Crippen LogP contribution in [-0.2, 0) is 12.4 Å². The number of fused-ring (bicyclic) bond motifs is 4. The molecular weight excluding hydrogens is 510 g/mol. The van der Waals surface area contributed by atoms with Crippen LogP contribution in [0.1, 0.15) is 31.8 Å². The third-order valence-electron chi connectivity index (χ3n) is 6.57. The molecule has 0 unspecified atom stereocenters. The van der Waals surface area contributed by atoms with Crippen molar-refractivity contribution in [2.75, 3.05) is 4.90 Å². The molecule has 0 N–H and O–H groups in total. The Kier molecular flexibility index (Phi) is 4.97. The van der Waals surface area contributed by atoms with E-state index < -0.39 is 46.3 Å². The summed E-state index contributed by atoms with van der Waals surface area (Å²) in [5, 5.41) is -0.148. The average Bonchev–Trinajstić information content (AvgIpc) is 3.35. The Bertz CT molecular complexity index is 1710. The van der Waals surface area contributed by atoms with Crippen LogP contribution in [0.15, 0.2) is 84.9 Å². The highest BCUT2D eigenvalue weighted by atomic mass is 19.4. The number of carbonyl (C=O) groups excluding carboxylic acids is 2. The first-order valence-corrected chi connectivity index (χ1v) is 11.3. The van der Waals surface area contributed by atoms with Crippen molar-refractivity contribution < 1.29 is 35.9 Å². The molecule has 0 spiro atoms. The van der Waals surface area contributed by atoms with Gasteiger partial charge in [0.1, 0.15) is 0 Å². The Labute approximate surface area is 210 Å². The highest BCUT2D eigenvalue weighted by molar-refractivity contribution is 6.35. The Morgan fingerprint density at radius 2 is 1.08 bits per heavy atom. The summed E-state index contributed by atoms with van der Waals surface area (Å²) >= 11 is 0. The Balaban J connectivity index is 1.77. The molecule has 0 aliphatic carbocycles. The summed E-state index contributed by atoms with van der Waals surface area (Å²) in [4.78, 5) is 27.7. The zero-order valence-corrected chi connectivity index (χ0v) is 19.1. The molecular formula is C28H14F6N2O2. The van der Waals surface area contributed by atoms with Gasteiger partial charge in [-0.2, -0.15) is 26.3 Å². The number of benzene rings is 4. The first-order chi connectivity index (χ1) is 18.0. The minimum absolute atomic E-state index is 0.0739. The average molecular weight is 524 g/mol. The van der Waals surface area contributed by atoms with E-state index in [-0.39, 0.29) is 33.3 Å². The number of para-hydroxylation sites is 3. The zero-order valence-electron chi connectivity index (χ0n) is 19.1. The highest BCUT2D eigenvalue weighted by Crippen LogP contribution is 2.45. The Morgan fingerprint density at radius 3 is 1.61 bits per heavy atom. The standard InChI is InChI=1S/C28H14F6N2O2/c29-27(30,31)19-12-4-9-16-17-10-5-13-20(28(32,33)34)24(17)36(23(16)19)21-14-6-11-18-22(21)26(38)35(25(18)37)15-7-2-1-3-8-15/h1-14H. The molecule has 6 rings (SSSR count). The molecule has 1 aliphatic rings. The zero-order chi connectivity index (χ0) is 27.0. The monoisotopic (exact) mass is 524 g/mol. The third-order valence-corrected chi connectivity index (χ3v) is 6.57. The smallest absolute Gasteiger partial charge is 0.307 e. The van der Waals surface area contributed by atoms with Gasteiger partial charge in [0.25, 0.3) is 11.8 Å². The number of carbonyl (C=O) groups is 2. The first kappa shape index (κ1) is 23.8. The SMILES string of the molecule is O=C1c2cccc(-n3c4c(C(F)(F)F)cccc4c4cccc(C(F)(F)F)c43)c2C(=O)N1c1ccccc1. The van der Waals surface area contributed by atoms with E-state index in [9.17, 15) is 35.9 Å². The maximum absolute atomic E-state index is 14.2. The fraction of sp³-hybridized carbons (Fsp3) is 0.0714. The van der Waals surface area contributed by atoms with Crippen LogP contribution in [0, 0.1) is 0 Å². The molecule has 4 aromatic carbocycles. The molecule has 2 amide bonds. The summed E-state index contributed by atoms with van der Waals surface area (Å²) in [7, 11) is 0. The van der Waals surface area contributed by atoms with Crippen molar-refractivity contribution in [1.82, 2.24) is 4.57 Å². The van der Waals surface area contributed by atoms with Crippen LogP contribution in [0.5, 0.6) is 0 Å². The number of amides is 2. The van der Waals surface area contributed by atoms with Gasteiger partial charge in [-0.15, -0.1) is 0 Å². The van der Waals surface area contributed by atoms with Crippen LogP contribution in [-0.4, -0.2) is 16.4 Å². The van der Waals surface area contributed by atoms with Gasteiger partial charge in [0.15, 0.2) is 0 Å². The summed E-state index contributed by atoms with van der Waals surface area (Å²) in [5.74, 6) is -1.58. The largest absolute Gasteiger partial charge is 0.418 e. The number of alkyl halides is 6. The van der Waals surface area contributed by atoms with Crippen LogP contribution in [0.25, 0.3) is 27.5 Å². The van der Waals surface area contributed by atoms with Gasteiger partial charge in [-0.05, 0) is 36.4 Å². The van der Waals surface area contributed by atoms with Crippen molar-refractivity contribution >= 4 is 39.3 Å². The Hall–Kier alpha value is -4.60. The molecule has 10 heteroatoms. The molecule has 0 atom stereocenters. The summed E-state index contributed by atoms with van der Waals surface area (Å²) in [6.07, 6.45) is -9.84. The normalized spacial score (nSPS) is 14.1. The topological polar surface area (TPSA) is 42.3 Å². The van der Waals surface area contributed by atoms with Crippen LogP contribution < -0.4 is 4.90 Å². The van der Waals surface area contributed by atoms with E-state index in [1.54, 1.807) is 18.2 Å². The molecule has 190 valence electrons. The van der Waals surface area contributed by atoms with Gasteiger partial charge >= 0.3 is 12.4 Å². The van der Waals surface area contributed by atoms with E-state index in [0.29, 0.717) is 0 Å². The second-order valence-electron chi connectivity index (χ2n) is 8.72. The van der Waals surface area contributed by atoms with E-state index in [1.807, 2.05) is 0 Å². The van der Waals surface area contributed by atoms with Crippen LogP contribution in [0.2, 0.25) is 0 Å². The minimum atomic E-state index is -4.92. The molecule has 0 saturated carbocycles. The fourth-order valence-corrected chi connectivity index (χ4v) is 5.08. The maximum atomic E-state index is 14.2. The van der Waals surface area contributed by atoms with E-state index in [0.717, 1.165) is 33.7 Å². The molecule has 0 bridgehead atoms. The summed E-state index contributed by atoms with van der Waals surface area (Å²) in [6.45, 7) is 0. The summed E-state index contributed by atoms with van der Waals surface area (Å²) in [6, 6.07) is 18.2. The van der Waals surface area contributed by atoms with Gasteiger partial charge in [-0.3, -0.25) is 9.59 Å². The van der Waals surface area contributed by atoms with E-state index in [2.05, 4.69) is 0 Å². The molecule has 0 radical (unpaired) electrons. The minimum Gasteiger partial charge on any atom is -0.307 e. The lowest BCUT2D eigenvalue weighted by atomic mass is 10.1. The van der Waals surface area contributed by atoms with Gasteiger partial charge in [0.05, 0.1) is 44.7 Å². The number of imide groups is 1. The fourth-order valence-electron chi connectivity index (χ4n) is 5.08. The molecule has 4 nitrogen and oxygen atoms in total. The van der Waals surface area contributed by atoms with Crippen LogP contribution in [0.4, 0.5) is 32.0 Å². The van der Waals surface area contributed by atoms with Gasteiger partial charge in [0.2, 0.25) is 0 Å². The van der Waals surface area contributed by atoms with Gasteiger partial charge in [0, 0.05) is 10.8 Å². The van der Waals surface area contributed by atoms with Crippen LogP contribution in [0.3, 0.4) is 0 Å². The van der Waals surface area contributed by atoms with Crippen molar-refractivity contribution in [2.45, 2.75) is 12.4 Å². The van der Waals surface area contributed by atoms with E-state index in [4.69, 9.17) is 0 Å². The quantitative estimate of drug-likeness (QED) is 0.176. The Morgan fingerprint density at radius 1 is 0.553 bits per heavy atom. The number of anilines is 1. The number of nitrogens with zero attached hydrogens (tertiary/aromatic N) is 2. The number of hydrogen-bond acceptors (Lipinski definition) is 2. The van der Waals surface area contributed by atoms with Crippen molar-refractivity contribution in [3.8, 4) is 5.69 Å². The molecule has 0 saturated heterocycles. The number of hydrogen-bond donors (Lipinski definition) is 0. The van der Waals surface area contributed by atoms with Gasteiger partial charge < -0.3 is 4.57 Å². The second kappa shape index (κ2) is 7.95. The molecule has 38 heavy (non-hydrogen) atoms. The maximum Gasteiger partial charge on any atom is 0.418 e. The number of rotatable bonds is 2. The molecule has 1 aromatic heterocycles. The molecule has 2 heterocycles. The van der Waals surface area contributed by atoms with E-state index in [1.165, 1.54) is 42.5 Å².